The fraction of sp³-hybridized carbons (Fsp3) is 0.111. The van der Waals surface area contributed by atoms with E-state index in [0.717, 1.165) is 17.0 Å². The number of hydrogen-bond donors (Lipinski definition) is 0. The third kappa shape index (κ3) is 2.89. The first-order chi connectivity index (χ1) is 9.72. The Balaban J connectivity index is 2.00. The first-order valence-corrected chi connectivity index (χ1v) is 7.34. The third-order valence-corrected chi connectivity index (χ3v) is 3.89. The van der Waals surface area contributed by atoms with Gasteiger partial charge in [-0.3, -0.25) is 0 Å². The van der Waals surface area contributed by atoms with E-state index >= 15 is 0 Å². The minimum Gasteiger partial charge on any atom is -0.109 e. The van der Waals surface area contributed by atoms with Gasteiger partial charge in [-0.05, 0) is 53.3 Å². The van der Waals surface area contributed by atoms with Crippen molar-refractivity contribution in [2.45, 2.75) is 12.8 Å². The molecule has 0 aromatic heterocycles. The molecule has 2 aromatic rings. The average Bonchev–Trinajstić information content (AvgIpc) is 2.47. The lowest BCUT2D eigenvalue weighted by molar-refractivity contribution is 1.02. The topological polar surface area (TPSA) is 0 Å². The Kier molecular flexibility index (Phi) is 3.80. The van der Waals surface area contributed by atoms with E-state index in [1.54, 1.807) is 0 Å². The molecule has 0 N–H and O–H groups in total. The summed E-state index contributed by atoms with van der Waals surface area (Å²) in [5.41, 5.74) is 6.44. The quantitative estimate of drug-likeness (QED) is 0.699. The molecule has 0 bridgehead atoms. The summed E-state index contributed by atoms with van der Waals surface area (Å²) in [4.78, 5) is 0. The van der Waals surface area contributed by atoms with E-state index < -0.39 is 0 Å². The van der Waals surface area contributed by atoms with Crippen LogP contribution < -0.4 is 0 Å². The summed E-state index contributed by atoms with van der Waals surface area (Å²) in [6.45, 7) is 0. The van der Waals surface area contributed by atoms with Gasteiger partial charge in [0.05, 0.1) is 0 Å². The van der Waals surface area contributed by atoms with Crippen LogP contribution in [0.25, 0.3) is 16.7 Å². The molecule has 0 atom stereocenters. The lowest BCUT2D eigenvalue weighted by atomic mass is 9.83. The highest BCUT2D eigenvalue weighted by atomic mass is 35.5. The van der Waals surface area contributed by atoms with Gasteiger partial charge >= 0.3 is 0 Å². The zero-order valence-electron chi connectivity index (χ0n) is 11.6. The maximum Gasteiger partial charge on any atom is 0.133 e. The molecule has 0 amide bonds. The Morgan fingerprint density at radius 3 is 2.35 bits per heavy atom. The Morgan fingerprint density at radius 1 is 0.900 bits per heavy atom. The van der Waals surface area contributed by atoms with Gasteiger partial charge in [0.25, 0.3) is 0 Å². The molecule has 1 aliphatic rings. The second-order valence-electron chi connectivity index (χ2n) is 5.28. The maximum atomic E-state index is 6.08. The maximum absolute atomic E-state index is 6.08. The number of rotatable bonds is 2. The molecule has 3 rings (SSSR count). The van der Waals surface area contributed by atoms with Crippen LogP contribution in [0.1, 0.15) is 18.4 Å². The molecule has 0 heterocycles. The number of benzene rings is 2. The van der Waals surface area contributed by atoms with Crippen molar-refractivity contribution in [2.75, 3.05) is 0 Å². The fourth-order valence-corrected chi connectivity index (χ4v) is 2.79. The van der Waals surface area contributed by atoms with E-state index in [-0.39, 0.29) is 0 Å². The summed E-state index contributed by atoms with van der Waals surface area (Å²) in [7, 11) is 2.20. The molecule has 0 fully saturated rings. The SMILES string of the molecule is BC1=CC(c2cccc(-c3cccc(Cl)c3)c2)=CCC1. The van der Waals surface area contributed by atoms with Crippen LogP contribution >= 0.6 is 11.6 Å². The van der Waals surface area contributed by atoms with Crippen molar-refractivity contribution in [3.63, 3.8) is 0 Å². The minimum atomic E-state index is 0.778. The van der Waals surface area contributed by atoms with Crippen molar-refractivity contribution in [3.8, 4) is 11.1 Å². The molecule has 2 heteroatoms. The highest BCUT2D eigenvalue weighted by molar-refractivity contribution is 6.30. The van der Waals surface area contributed by atoms with E-state index in [1.807, 2.05) is 18.2 Å². The number of allylic oxidation sites excluding steroid dienone is 4. The molecule has 0 aliphatic heterocycles. The van der Waals surface area contributed by atoms with E-state index in [1.165, 1.54) is 28.6 Å². The molecule has 0 radical (unpaired) electrons. The van der Waals surface area contributed by atoms with Gasteiger partial charge in [-0.25, -0.2) is 0 Å². The van der Waals surface area contributed by atoms with Gasteiger partial charge in [-0.1, -0.05) is 54.1 Å². The highest BCUT2D eigenvalue weighted by Gasteiger charge is 2.06. The summed E-state index contributed by atoms with van der Waals surface area (Å²) in [5, 5.41) is 0.778. The standard InChI is InChI=1S/C18H16BCl/c19-17-8-2-6-15(11-17)13-4-1-5-14(10-13)16-7-3-9-18(20)12-16/h1,3-7,9-12H,2,8,19H2. The first kappa shape index (κ1) is 13.3. The van der Waals surface area contributed by atoms with E-state index in [9.17, 15) is 0 Å². The summed E-state index contributed by atoms with van der Waals surface area (Å²) < 4.78 is 0. The molecular formula is C18H16BCl. The smallest absolute Gasteiger partial charge is 0.109 e. The van der Waals surface area contributed by atoms with Crippen LogP contribution in [-0.4, -0.2) is 7.85 Å². The van der Waals surface area contributed by atoms with Gasteiger partial charge in [0.1, 0.15) is 7.85 Å². The van der Waals surface area contributed by atoms with E-state index in [4.69, 9.17) is 11.6 Å². The van der Waals surface area contributed by atoms with Crippen LogP contribution in [0, 0.1) is 0 Å². The molecule has 2 aromatic carbocycles. The zero-order valence-corrected chi connectivity index (χ0v) is 12.3. The van der Waals surface area contributed by atoms with Crippen molar-refractivity contribution in [2.24, 2.45) is 0 Å². The van der Waals surface area contributed by atoms with Gasteiger partial charge in [-0.15, -0.1) is 5.47 Å². The highest BCUT2D eigenvalue weighted by Crippen LogP contribution is 2.29. The van der Waals surface area contributed by atoms with Crippen LogP contribution in [0.2, 0.25) is 5.02 Å². The van der Waals surface area contributed by atoms with Crippen LogP contribution in [0.4, 0.5) is 0 Å². The molecule has 0 unspecified atom stereocenters. The molecule has 0 nitrogen and oxygen atoms in total. The summed E-state index contributed by atoms with van der Waals surface area (Å²) in [6.07, 6.45) is 6.93. The number of hydrogen-bond acceptors (Lipinski definition) is 0. The van der Waals surface area contributed by atoms with E-state index in [2.05, 4.69) is 50.3 Å². The van der Waals surface area contributed by atoms with Crippen molar-refractivity contribution in [3.05, 3.63) is 76.7 Å². The second kappa shape index (κ2) is 5.72. The van der Waals surface area contributed by atoms with E-state index in [0.29, 0.717) is 0 Å². The van der Waals surface area contributed by atoms with Gasteiger partial charge in [0, 0.05) is 5.02 Å². The van der Waals surface area contributed by atoms with Crippen LogP contribution in [-0.2, 0) is 0 Å². The second-order valence-corrected chi connectivity index (χ2v) is 5.72. The van der Waals surface area contributed by atoms with Gasteiger partial charge in [0.15, 0.2) is 0 Å². The monoisotopic (exact) mass is 278 g/mol. The molecule has 0 spiro atoms. The minimum absolute atomic E-state index is 0.778. The van der Waals surface area contributed by atoms with Crippen molar-refractivity contribution in [1.29, 1.82) is 0 Å². The summed E-state index contributed by atoms with van der Waals surface area (Å²) in [6, 6.07) is 16.7. The Morgan fingerprint density at radius 2 is 1.60 bits per heavy atom. The van der Waals surface area contributed by atoms with Crippen LogP contribution in [0.5, 0.6) is 0 Å². The molecule has 98 valence electrons. The van der Waals surface area contributed by atoms with Gasteiger partial charge < -0.3 is 0 Å². The molecule has 0 saturated carbocycles. The van der Waals surface area contributed by atoms with Gasteiger partial charge in [-0.2, -0.15) is 0 Å². The fourth-order valence-electron chi connectivity index (χ4n) is 2.60. The molecule has 20 heavy (non-hydrogen) atoms. The molecular weight excluding hydrogens is 262 g/mol. The summed E-state index contributed by atoms with van der Waals surface area (Å²) in [5.74, 6) is 0. The first-order valence-electron chi connectivity index (χ1n) is 6.96. The number of halogens is 1. The molecule has 1 aliphatic carbocycles. The lowest BCUT2D eigenvalue weighted by Crippen LogP contribution is -1.92. The zero-order chi connectivity index (χ0) is 13.9. The Hall–Kier alpha value is -1.73. The predicted molar refractivity (Wildman–Crippen MR) is 90.7 cm³/mol. The van der Waals surface area contributed by atoms with Crippen molar-refractivity contribution >= 4 is 25.0 Å². The predicted octanol–water partition coefficient (Wildman–Crippen LogP) is 4.70. The van der Waals surface area contributed by atoms with Crippen molar-refractivity contribution < 1.29 is 0 Å². The van der Waals surface area contributed by atoms with Gasteiger partial charge in [0.2, 0.25) is 0 Å². The largest absolute Gasteiger partial charge is 0.133 e. The Bertz CT molecular complexity index is 698. The lowest BCUT2D eigenvalue weighted by Gasteiger charge is -2.12. The van der Waals surface area contributed by atoms with Crippen LogP contribution in [0.3, 0.4) is 0 Å². The average molecular weight is 279 g/mol. The summed E-state index contributed by atoms with van der Waals surface area (Å²) >= 11 is 6.08. The normalized spacial score (nSPS) is 14.7. The Labute approximate surface area is 126 Å². The van der Waals surface area contributed by atoms with Crippen LogP contribution in [0.15, 0.2) is 66.2 Å². The third-order valence-electron chi connectivity index (χ3n) is 3.66. The van der Waals surface area contributed by atoms with Crippen molar-refractivity contribution in [1.82, 2.24) is 0 Å². The molecule has 0 saturated heterocycles.